The molecule has 0 aliphatic carbocycles. The van der Waals surface area contributed by atoms with Crippen molar-refractivity contribution in [3.05, 3.63) is 35.6 Å². The maximum atomic E-state index is 13.3. The van der Waals surface area contributed by atoms with Gasteiger partial charge in [-0.2, -0.15) is 0 Å². The van der Waals surface area contributed by atoms with Gasteiger partial charge in [-0.05, 0) is 44.6 Å². The Morgan fingerprint density at radius 1 is 1.44 bits per heavy atom. The Balaban J connectivity index is 1.64. The predicted octanol–water partition coefficient (Wildman–Crippen LogP) is 1.71. The molecule has 2 aliphatic heterocycles. The summed E-state index contributed by atoms with van der Waals surface area (Å²) in [4.78, 5) is 16.6. The van der Waals surface area contributed by atoms with E-state index in [1.807, 2.05) is 19.0 Å². The zero-order valence-electron chi connectivity index (χ0n) is 15.0. The second-order valence-electron chi connectivity index (χ2n) is 7.40. The van der Waals surface area contributed by atoms with Crippen LogP contribution in [0, 0.1) is 5.82 Å². The number of carbonyl (C=O) groups is 1. The van der Waals surface area contributed by atoms with Gasteiger partial charge < -0.3 is 19.3 Å². The number of ether oxygens (including phenoxy) is 2. The molecule has 138 valence electrons. The first kappa shape index (κ1) is 18.3. The maximum absolute atomic E-state index is 13.3. The molecule has 2 atom stereocenters. The van der Waals surface area contributed by atoms with Crippen LogP contribution in [0.2, 0.25) is 0 Å². The van der Waals surface area contributed by atoms with E-state index >= 15 is 0 Å². The molecule has 5 nitrogen and oxygen atoms in total. The number of hydrogen-bond acceptors (Lipinski definition) is 4. The van der Waals surface area contributed by atoms with Gasteiger partial charge in [-0.1, -0.05) is 12.1 Å². The van der Waals surface area contributed by atoms with Crippen molar-refractivity contribution in [2.75, 3.05) is 46.9 Å². The van der Waals surface area contributed by atoms with Crippen LogP contribution in [0.5, 0.6) is 0 Å². The third-order valence-electron chi connectivity index (χ3n) is 4.85. The summed E-state index contributed by atoms with van der Waals surface area (Å²) in [7, 11) is 4.07. The Morgan fingerprint density at radius 3 is 3.04 bits per heavy atom. The summed E-state index contributed by atoms with van der Waals surface area (Å²) in [6, 6.07) is 6.22. The Bertz CT molecular complexity index is 610. The number of likely N-dealkylation sites (N-methyl/N-ethyl adjacent to an activating group) is 1. The first-order valence-electron chi connectivity index (χ1n) is 8.88. The van der Waals surface area contributed by atoms with Gasteiger partial charge in [-0.15, -0.1) is 0 Å². The average molecular weight is 350 g/mol. The third-order valence-corrected chi connectivity index (χ3v) is 4.85. The Morgan fingerprint density at radius 2 is 2.28 bits per heavy atom. The molecule has 2 saturated heterocycles. The zero-order valence-corrected chi connectivity index (χ0v) is 15.0. The summed E-state index contributed by atoms with van der Waals surface area (Å²) in [5.41, 5.74) is 0.288. The summed E-state index contributed by atoms with van der Waals surface area (Å²) in [6.07, 6.45) is 2.26. The van der Waals surface area contributed by atoms with Crippen LogP contribution in [0.3, 0.4) is 0 Å². The van der Waals surface area contributed by atoms with E-state index in [-0.39, 0.29) is 24.2 Å². The number of benzene rings is 1. The Kier molecular flexibility index (Phi) is 5.71. The summed E-state index contributed by atoms with van der Waals surface area (Å²) < 4.78 is 25.4. The summed E-state index contributed by atoms with van der Waals surface area (Å²) >= 11 is 0. The highest BCUT2D eigenvalue weighted by molar-refractivity contribution is 5.79. The maximum Gasteiger partial charge on any atom is 0.227 e. The fourth-order valence-electron chi connectivity index (χ4n) is 3.71. The molecule has 2 aliphatic rings. The predicted molar refractivity (Wildman–Crippen MR) is 92.9 cm³/mol. The third kappa shape index (κ3) is 4.77. The topological polar surface area (TPSA) is 42.0 Å². The molecule has 6 heteroatoms. The van der Waals surface area contributed by atoms with Crippen molar-refractivity contribution in [3.63, 3.8) is 0 Å². The number of hydrogen-bond donors (Lipinski definition) is 0. The first-order valence-corrected chi connectivity index (χ1v) is 8.88. The van der Waals surface area contributed by atoms with Crippen LogP contribution in [0.4, 0.5) is 4.39 Å². The Hall–Kier alpha value is -1.50. The van der Waals surface area contributed by atoms with Gasteiger partial charge in [0.15, 0.2) is 0 Å². The van der Waals surface area contributed by atoms with Crippen LogP contribution < -0.4 is 0 Å². The highest BCUT2D eigenvalue weighted by Gasteiger charge is 2.43. The molecular weight excluding hydrogens is 323 g/mol. The first-order chi connectivity index (χ1) is 12.0. The van der Waals surface area contributed by atoms with Crippen molar-refractivity contribution in [2.45, 2.75) is 31.0 Å². The van der Waals surface area contributed by atoms with Crippen LogP contribution in [0.15, 0.2) is 24.3 Å². The smallest absolute Gasteiger partial charge is 0.227 e. The van der Waals surface area contributed by atoms with Crippen LogP contribution in [-0.2, 0) is 20.7 Å². The number of nitrogens with zero attached hydrogens (tertiary/aromatic N) is 2. The standard InChI is InChI=1S/C19H27FN2O3/c1-21(2)12-17-6-7-19(25-17)13-22(8-9-24-14-19)18(23)11-15-4-3-5-16(20)10-15/h3-5,10,17H,6-9,11-14H2,1-2H3/t17-,19+/m0/s1. The number of amides is 1. The van der Waals surface area contributed by atoms with Crippen LogP contribution >= 0.6 is 0 Å². The fourth-order valence-corrected chi connectivity index (χ4v) is 3.71. The van der Waals surface area contributed by atoms with Crippen LogP contribution in [-0.4, -0.2) is 74.4 Å². The summed E-state index contributed by atoms with van der Waals surface area (Å²) in [5.74, 6) is -0.318. The molecule has 1 aromatic carbocycles. The second kappa shape index (κ2) is 7.81. The Labute approximate surface area is 148 Å². The van der Waals surface area contributed by atoms with Gasteiger partial charge in [0.25, 0.3) is 0 Å². The molecule has 0 radical (unpaired) electrons. The fraction of sp³-hybridized carbons (Fsp3) is 0.632. The van der Waals surface area contributed by atoms with Gasteiger partial charge in [0.1, 0.15) is 11.4 Å². The molecule has 0 N–H and O–H groups in total. The van der Waals surface area contributed by atoms with Crippen molar-refractivity contribution in [2.24, 2.45) is 0 Å². The molecule has 3 rings (SSSR count). The van der Waals surface area contributed by atoms with Crippen molar-refractivity contribution < 1.29 is 18.7 Å². The summed E-state index contributed by atoms with van der Waals surface area (Å²) in [6.45, 7) is 3.01. The average Bonchev–Trinajstić information content (AvgIpc) is 2.79. The van der Waals surface area contributed by atoms with Gasteiger partial charge >= 0.3 is 0 Å². The van der Waals surface area contributed by atoms with Gasteiger partial charge in [-0.25, -0.2) is 4.39 Å². The van der Waals surface area contributed by atoms with E-state index in [2.05, 4.69) is 4.90 Å². The lowest BCUT2D eigenvalue weighted by Crippen LogP contribution is -2.47. The van der Waals surface area contributed by atoms with Crippen molar-refractivity contribution in [1.82, 2.24) is 9.80 Å². The lowest BCUT2D eigenvalue weighted by Gasteiger charge is -2.32. The molecule has 0 unspecified atom stereocenters. The zero-order chi connectivity index (χ0) is 17.9. The van der Waals surface area contributed by atoms with E-state index in [1.54, 1.807) is 12.1 Å². The normalized spacial score (nSPS) is 27.0. The molecule has 0 aromatic heterocycles. The lowest BCUT2D eigenvalue weighted by atomic mass is 9.99. The van der Waals surface area contributed by atoms with E-state index in [0.717, 1.165) is 19.4 Å². The van der Waals surface area contributed by atoms with Crippen LogP contribution in [0.25, 0.3) is 0 Å². The molecular formula is C19H27FN2O3. The second-order valence-corrected chi connectivity index (χ2v) is 7.40. The SMILES string of the molecule is CN(C)C[C@@H]1CC[C@@]2(COCCN(C(=O)Cc3cccc(F)c3)C2)O1. The minimum absolute atomic E-state index is 0.00451. The molecule has 1 spiro atoms. The quantitative estimate of drug-likeness (QED) is 0.829. The van der Waals surface area contributed by atoms with Crippen molar-refractivity contribution >= 4 is 5.91 Å². The molecule has 25 heavy (non-hydrogen) atoms. The van der Waals surface area contributed by atoms with Gasteiger partial charge in [-0.3, -0.25) is 4.79 Å². The van der Waals surface area contributed by atoms with E-state index in [0.29, 0.717) is 31.9 Å². The molecule has 2 fully saturated rings. The van der Waals surface area contributed by atoms with Gasteiger partial charge in [0, 0.05) is 13.1 Å². The minimum Gasteiger partial charge on any atom is -0.377 e. The highest BCUT2D eigenvalue weighted by atomic mass is 19.1. The van der Waals surface area contributed by atoms with E-state index < -0.39 is 5.60 Å². The molecule has 0 saturated carbocycles. The highest BCUT2D eigenvalue weighted by Crippen LogP contribution is 2.33. The molecule has 1 amide bonds. The number of carbonyl (C=O) groups excluding carboxylic acids is 1. The van der Waals surface area contributed by atoms with E-state index in [4.69, 9.17) is 9.47 Å². The van der Waals surface area contributed by atoms with Gasteiger partial charge in [0.05, 0.1) is 32.3 Å². The lowest BCUT2D eigenvalue weighted by molar-refractivity contribution is -0.135. The molecule has 2 heterocycles. The van der Waals surface area contributed by atoms with Gasteiger partial charge in [0.2, 0.25) is 5.91 Å². The summed E-state index contributed by atoms with van der Waals surface area (Å²) in [5, 5.41) is 0. The molecule has 1 aromatic rings. The van der Waals surface area contributed by atoms with E-state index in [1.165, 1.54) is 12.1 Å². The monoisotopic (exact) mass is 350 g/mol. The largest absolute Gasteiger partial charge is 0.377 e. The van der Waals surface area contributed by atoms with Crippen LogP contribution in [0.1, 0.15) is 18.4 Å². The van der Waals surface area contributed by atoms with E-state index in [9.17, 15) is 9.18 Å². The van der Waals surface area contributed by atoms with Crippen molar-refractivity contribution in [1.29, 1.82) is 0 Å². The number of rotatable bonds is 4. The van der Waals surface area contributed by atoms with Crippen molar-refractivity contribution in [3.8, 4) is 0 Å². The number of halogens is 1. The molecule has 0 bridgehead atoms. The minimum atomic E-state index is -0.408.